The summed E-state index contributed by atoms with van der Waals surface area (Å²) in [5.74, 6) is -0.382. The summed E-state index contributed by atoms with van der Waals surface area (Å²) < 4.78 is 0. The molecule has 2 N–H and O–H groups in total. The van der Waals surface area contributed by atoms with Crippen LogP contribution in [0.4, 0.5) is 11.4 Å². The topological polar surface area (TPSA) is 117 Å². The van der Waals surface area contributed by atoms with Crippen molar-refractivity contribution < 1.29 is 9.72 Å². The minimum absolute atomic E-state index is 0.145. The van der Waals surface area contributed by atoms with E-state index in [1.165, 1.54) is 36.3 Å². The van der Waals surface area contributed by atoms with E-state index in [2.05, 4.69) is 20.5 Å². The third kappa shape index (κ3) is 4.86. The average molecular weight is 398 g/mol. The fraction of sp³-hybridized carbons (Fsp3) is 0.167. The first-order valence-electron chi connectivity index (χ1n) is 8.40. The zero-order valence-electron chi connectivity index (χ0n) is 15.0. The number of non-ortho nitro benzene ring substituents is 1. The van der Waals surface area contributed by atoms with Crippen LogP contribution in [0.15, 0.2) is 64.9 Å². The van der Waals surface area contributed by atoms with Crippen LogP contribution in [0, 0.1) is 10.1 Å². The summed E-state index contributed by atoms with van der Waals surface area (Å²) in [5.41, 5.74) is 1.11. The number of aromatic amines is 1. The zero-order valence-corrected chi connectivity index (χ0v) is 15.8. The summed E-state index contributed by atoms with van der Waals surface area (Å²) >= 11 is 1.18. The lowest BCUT2D eigenvalue weighted by molar-refractivity contribution is -0.384. The number of nitrogens with zero attached hydrogens (tertiary/aromatic N) is 4. The number of carbonyl (C=O) groups is 1. The van der Waals surface area contributed by atoms with Gasteiger partial charge in [0.15, 0.2) is 5.16 Å². The molecule has 0 bridgehead atoms. The molecule has 9 nitrogen and oxygen atoms in total. The number of aromatic nitrogens is 3. The molecule has 0 fully saturated rings. The van der Waals surface area contributed by atoms with E-state index < -0.39 is 4.92 Å². The van der Waals surface area contributed by atoms with Gasteiger partial charge in [0, 0.05) is 42.9 Å². The molecule has 0 atom stereocenters. The molecule has 1 amide bonds. The van der Waals surface area contributed by atoms with Gasteiger partial charge in [-0.25, -0.2) is 4.98 Å². The smallest absolute Gasteiger partial charge is 0.270 e. The third-order valence-electron chi connectivity index (χ3n) is 3.95. The molecule has 1 heterocycles. The lowest BCUT2D eigenvalue weighted by Gasteiger charge is -2.19. The van der Waals surface area contributed by atoms with Crippen molar-refractivity contribution in [2.45, 2.75) is 10.1 Å². The van der Waals surface area contributed by atoms with Crippen molar-refractivity contribution in [3.05, 3.63) is 70.5 Å². The number of rotatable bonds is 8. The quantitative estimate of drug-likeness (QED) is 0.442. The SMILES string of the molecule is CN(CCNC(=O)c1cc([N+](=O)[O-])ccc1Sc1ncn[nH]1)c1ccccc1. The summed E-state index contributed by atoms with van der Waals surface area (Å²) in [4.78, 5) is 29.8. The van der Waals surface area contributed by atoms with Crippen molar-refractivity contribution in [3.63, 3.8) is 0 Å². The van der Waals surface area contributed by atoms with E-state index in [0.29, 0.717) is 23.1 Å². The number of nitro benzene ring substituents is 1. The Balaban J connectivity index is 1.70. The second-order valence-corrected chi connectivity index (χ2v) is 6.87. The molecular weight excluding hydrogens is 380 g/mol. The van der Waals surface area contributed by atoms with E-state index in [-0.39, 0.29) is 17.2 Å². The van der Waals surface area contributed by atoms with Gasteiger partial charge in [-0.05, 0) is 30.0 Å². The summed E-state index contributed by atoms with van der Waals surface area (Å²) in [5, 5.41) is 20.9. The number of hydrogen-bond donors (Lipinski definition) is 2. The van der Waals surface area contributed by atoms with Crippen LogP contribution in [0.2, 0.25) is 0 Å². The first-order chi connectivity index (χ1) is 13.5. The Bertz CT molecular complexity index is 949. The average Bonchev–Trinajstić information content (AvgIpc) is 3.21. The highest BCUT2D eigenvalue weighted by Crippen LogP contribution is 2.30. The number of amides is 1. The van der Waals surface area contributed by atoms with Gasteiger partial charge in [0.2, 0.25) is 0 Å². The molecule has 0 aliphatic rings. The summed E-state index contributed by atoms with van der Waals surface area (Å²) in [6, 6.07) is 14.0. The van der Waals surface area contributed by atoms with E-state index in [1.807, 2.05) is 42.3 Å². The van der Waals surface area contributed by atoms with Gasteiger partial charge in [0.1, 0.15) is 6.33 Å². The maximum atomic E-state index is 12.7. The molecule has 0 aliphatic carbocycles. The minimum Gasteiger partial charge on any atom is -0.373 e. The van der Waals surface area contributed by atoms with E-state index in [4.69, 9.17) is 0 Å². The Kier molecular flexibility index (Phi) is 6.22. The normalized spacial score (nSPS) is 10.5. The molecule has 0 saturated carbocycles. The van der Waals surface area contributed by atoms with Crippen LogP contribution in [0.3, 0.4) is 0 Å². The zero-order chi connectivity index (χ0) is 19.9. The molecule has 0 radical (unpaired) electrons. The van der Waals surface area contributed by atoms with Crippen LogP contribution in [0.5, 0.6) is 0 Å². The fourth-order valence-electron chi connectivity index (χ4n) is 2.49. The molecule has 2 aromatic carbocycles. The van der Waals surface area contributed by atoms with Crippen molar-refractivity contribution in [2.75, 3.05) is 25.0 Å². The van der Waals surface area contributed by atoms with Gasteiger partial charge in [-0.3, -0.25) is 20.0 Å². The summed E-state index contributed by atoms with van der Waals surface area (Å²) in [7, 11) is 1.93. The van der Waals surface area contributed by atoms with E-state index in [0.717, 1.165) is 5.69 Å². The predicted molar refractivity (Wildman–Crippen MR) is 106 cm³/mol. The first kappa shape index (κ1) is 19.4. The number of benzene rings is 2. The molecule has 144 valence electrons. The van der Waals surface area contributed by atoms with Crippen LogP contribution in [-0.4, -0.2) is 46.1 Å². The lowest BCUT2D eigenvalue weighted by atomic mass is 10.2. The Labute approximate surface area is 165 Å². The van der Waals surface area contributed by atoms with Crippen LogP contribution >= 0.6 is 11.8 Å². The van der Waals surface area contributed by atoms with Gasteiger partial charge >= 0.3 is 0 Å². The molecule has 0 aliphatic heterocycles. The number of H-pyrrole nitrogens is 1. The summed E-state index contributed by atoms with van der Waals surface area (Å²) in [6.07, 6.45) is 1.35. The van der Waals surface area contributed by atoms with Gasteiger partial charge in [0.05, 0.1) is 10.5 Å². The minimum atomic E-state index is -0.525. The molecule has 1 aromatic heterocycles. The van der Waals surface area contributed by atoms with Crippen LogP contribution in [0.25, 0.3) is 0 Å². The molecule has 0 saturated heterocycles. The Morgan fingerprint density at radius 2 is 2.07 bits per heavy atom. The van der Waals surface area contributed by atoms with Crippen molar-refractivity contribution in [1.82, 2.24) is 20.5 Å². The number of likely N-dealkylation sites (N-methyl/N-ethyl adjacent to an activating group) is 1. The standard InChI is InChI=1S/C18H18N6O3S/c1-23(13-5-3-2-4-6-13)10-9-19-17(25)15-11-14(24(26)27)7-8-16(15)28-18-20-12-21-22-18/h2-8,11-12H,9-10H2,1H3,(H,19,25)(H,20,21,22). The fourth-order valence-corrected chi connectivity index (χ4v) is 3.29. The molecule has 28 heavy (non-hydrogen) atoms. The van der Waals surface area contributed by atoms with Gasteiger partial charge in [-0.1, -0.05) is 18.2 Å². The number of nitrogens with one attached hydrogen (secondary N) is 2. The molecule has 0 unspecified atom stereocenters. The molecule has 0 spiro atoms. The van der Waals surface area contributed by atoms with Crippen LogP contribution < -0.4 is 10.2 Å². The van der Waals surface area contributed by atoms with Gasteiger partial charge in [-0.2, -0.15) is 5.10 Å². The van der Waals surface area contributed by atoms with E-state index in [9.17, 15) is 14.9 Å². The highest BCUT2D eigenvalue weighted by atomic mass is 32.2. The Morgan fingerprint density at radius 1 is 1.29 bits per heavy atom. The van der Waals surface area contributed by atoms with Gasteiger partial charge < -0.3 is 10.2 Å². The van der Waals surface area contributed by atoms with Crippen molar-refractivity contribution >= 4 is 29.0 Å². The van der Waals surface area contributed by atoms with Crippen LogP contribution in [0.1, 0.15) is 10.4 Å². The Hall–Kier alpha value is -3.40. The molecule has 3 rings (SSSR count). The second kappa shape index (κ2) is 9.00. The summed E-state index contributed by atoms with van der Waals surface area (Å²) in [6.45, 7) is 0.981. The van der Waals surface area contributed by atoms with Gasteiger partial charge in [-0.15, -0.1) is 0 Å². The first-order valence-corrected chi connectivity index (χ1v) is 9.22. The number of carbonyl (C=O) groups excluding carboxylic acids is 1. The largest absolute Gasteiger partial charge is 0.373 e. The van der Waals surface area contributed by atoms with Crippen LogP contribution in [-0.2, 0) is 0 Å². The van der Waals surface area contributed by atoms with Crippen molar-refractivity contribution in [2.24, 2.45) is 0 Å². The van der Waals surface area contributed by atoms with Crippen molar-refractivity contribution in [1.29, 1.82) is 0 Å². The number of hydrogen-bond acceptors (Lipinski definition) is 7. The van der Waals surface area contributed by atoms with E-state index >= 15 is 0 Å². The number of anilines is 1. The monoisotopic (exact) mass is 398 g/mol. The van der Waals surface area contributed by atoms with E-state index in [1.54, 1.807) is 0 Å². The third-order valence-corrected chi connectivity index (χ3v) is 4.91. The lowest BCUT2D eigenvalue weighted by Crippen LogP contribution is -2.33. The highest BCUT2D eigenvalue weighted by Gasteiger charge is 2.18. The molecule has 3 aromatic rings. The van der Waals surface area contributed by atoms with Crippen molar-refractivity contribution in [3.8, 4) is 0 Å². The predicted octanol–water partition coefficient (Wildman–Crippen LogP) is 2.73. The molecular formula is C18H18N6O3S. The van der Waals surface area contributed by atoms with Gasteiger partial charge in [0.25, 0.3) is 11.6 Å². The second-order valence-electron chi connectivity index (χ2n) is 5.84. The Morgan fingerprint density at radius 3 is 2.75 bits per heavy atom. The molecule has 10 heteroatoms. The number of para-hydroxylation sites is 1. The maximum absolute atomic E-state index is 12.7. The number of nitro groups is 1. The maximum Gasteiger partial charge on any atom is 0.270 e. The highest BCUT2D eigenvalue weighted by molar-refractivity contribution is 7.99.